The molecule has 1 aliphatic rings. The molecule has 0 bridgehead atoms. The molecule has 0 saturated carbocycles. The Hall–Kier alpha value is -1.37. The Morgan fingerprint density at radius 3 is 2.74 bits per heavy atom. The van der Waals surface area contributed by atoms with E-state index in [-0.39, 0.29) is 43.7 Å². The van der Waals surface area contributed by atoms with Gasteiger partial charge in [-0.1, -0.05) is 12.1 Å². The van der Waals surface area contributed by atoms with Crippen LogP contribution in [-0.2, 0) is 18.4 Å². The van der Waals surface area contributed by atoms with E-state index in [0.29, 0.717) is 6.54 Å². The molecule has 0 spiro atoms. The van der Waals surface area contributed by atoms with Crippen molar-refractivity contribution in [3.63, 3.8) is 0 Å². The highest BCUT2D eigenvalue weighted by Gasteiger charge is 2.31. The maximum Gasteiger partial charge on any atom is 0.239 e. The van der Waals surface area contributed by atoms with E-state index in [1.54, 1.807) is 11.9 Å². The summed E-state index contributed by atoms with van der Waals surface area (Å²) < 4.78 is 15.2. The van der Waals surface area contributed by atoms with Gasteiger partial charge in [-0.05, 0) is 12.1 Å². The molecule has 23 heavy (non-hydrogen) atoms. The van der Waals surface area contributed by atoms with Crippen molar-refractivity contribution < 1.29 is 9.18 Å². The van der Waals surface area contributed by atoms with Crippen LogP contribution in [0.25, 0.3) is 11.0 Å². The van der Waals surface area contributed by atoms with Gasteiger partial charge in [-0.25, -0.2) is 9.37 Å². The minimum Gasteiger partial charge on any atom is -0.337 e. The molecule has 2 atom stereocenters. The third-order valence-electron chi connectivity index (χ3n) is 4.01. The normalized spacial score (nSPS) is 20.0. The molecule has 1 amide bonds. The van der Waals surface area contributed by atoms with Gasteiger partial charge in [0.2, 0.25) is 5.91 Å². The molecular formula is C15H21Cl2FN4O. The Kier molecular flexibility index (Phi) is 6.80. The molecule has 1 saturated heterocycles. The monoisotopic (exact) mass is 362 g/mol. The molecule has 1 fully saturated rings. The van der Waals surface area contributed by atoms with Crippen molar-refractivity contribution in [2.24, 2.45) is 7.05 Å². The molecule has 3 rings (SSSR count). The summed E-state index contributed by atoms with van der Waals surface area (Å²) in [7, 11) is 3.67. The summed E-state index contributed by atoms with van der Waals surface area (Å²) >= 11 is 0. The number of aryl methyl sites for hydroxylation is 1. The number of para-hydroxylation sites is 2. The first-order valence-corrected chi connectivity index (χ1v) is 7.09. The topological polar surface area (TPSA) is 50.2 Å². The van der Waals surface area contributed by atoms with Gasteiger partial charge >= 0.3 is 0 Å². The lowest BCUT2D eigenvalue weighted by Gasteiger charge is -2.20. The minimum absolute atomic E-state index is 0. The van der Waals surface area contributed by atoms with Gasteiger partial charge in [0.05, 0.1) is 23.6 Å². The smallest absolute Gasteiger partial charge is 0.239 e. The third kappa shape index (κ3) is 3.94. The van der Waals surface area contributed by atoms with Gasteiger partial charge in [0.25, 0.3) is 0 Å². The van der Waals surface area contributed by atoms with Crippen molar-refractivity contribution in [2.75, 3.05) is 13.6 Å². The fourth-order valence-electron chi connectivity index (χ4n) is 2.77. The number of likely N-dealkylation sites (N-methyl/N-ethyl adjacent to an activating group) is 1. The Balaban J connectivity index is 0.00000132. The van der Waals surface area contributed by atoms with Crippen LogP contribution in [0.2, 0.25) is 0 Å². The standard InChI is InChI=1S/C15H19FN4O.2ClH/c1-19(15(21)12-7-10(16)8-17-12)9-14-18-11-5-3-4-6-13(11)20(14)2;;/h3-6,10,12,17H,7-9H2,1-2H3;2*1H/t10-,12+;;/m0../s1. The van der Waals surface area contributed by atoms with E-state index in [4.69, 9.17) is 0 Å². The molecule has 0 aliphatic carbocycles. The number of hydrogen-bond acceptors (Lipinski definition) is 3. The van der Waals surface area contributed by atoms with E-state index in [2.05, 4.69) is 10.3 Å². The van der Waals surface area contributed by atoms with Gasteiger partial charge in [-0.3, -0.25) is 4.79 Å². The van der Waals surface area contributed by atoms with Crippen LogP contribution < -0.4 is 5.32 Å². The highest BCUT2D eigenvalue weighted by molar-refractivity contribution is 5.85. The third-order valence-corrected chi connectivity index (χ3v) is 4.01. The number of rotatable bonds is 3. The first-order chi connectivity index (χ1) is 10.1. The lowest BCUT2D eigenvalue weighted by atomic mass is 10.2. The van der Waals surface area contributed by atoms with Gasteiger partial charge in [-0.15, -0.1) is 24.8 Å². The van der Waals surface area contributed by atoms with Gasteiger partial charge < -0.3 is 14.8 Å². The van der Waals surface area contributed by atoms with Crippen LogP contribution in [0.5, 0.6) is 0 Å². The van der Waals surface area contributed by atoms with Crippen molar-refractivity contribution in [3.05, 3.63) is 30.1 Å². The zero-order valence-corrected chi connectivity index (χ0v) is 14.7. The molecule has 1 aliphatic heterocycles. The Morgan fingerprint density at radius 1 is 1.43 bits per heavy atom. The van der Waals surface area contributed by atoms with Crippen LogP contribution in [0.1, 0.15) is 12.2 Å². The number of benzene rings is 1. The Labute approximate surface area is 147 Å². The average Bonchev–Trinajstić information content (AvgIpc) is 3.04. The van der Waals surface area contributed by atoms with E-state index < -0.39 is 12.2 Å². The predicted molar refractivity (Wildman–Crippen MR) is 93.0 cm³/mol. The molecule has 1 aromatic carbocycles. The van der Waals surface area contributed by atoms with E-state index in [1.807, 2.05) is 35.9 Å². The maximum atomic E-state index is 13.2. The second-order valence-electron chi connectivity index (χ2n) is 5.56. The zero-order valence-electron chi connectivity index (χ0n) is 13.0. The summed E-state index contributed by atoms with van der Waals surface area (Å²) in [5.74, 6) is 0.740. The number of fused-ring (bicyclic) bond motifs is 1. The molecule has 128 valence electrons. The number of hydrogen-bond donors (Lipinski definition) is 1. The lowest BCUT2D eigenvalue weighted by Crippen LogP contribution is -2.41. The molecule has 1 aromatic heterocycles. The van der Waals surface area contributed by atoms with Crippen molar-refractivity contribution >= 4 is 41.8 Å². The van der Waals surface area contributed by atoms with Crippen LogP contribution in [0.3, 0.4) is 0 Å². The van der Waals surface area contributed by atoms with Gasteiger partial charge in [0.1, 0.15) is 12.0 Å². The van der Waals surface area contributed by atoms with Crippen molar-refractivity contribution in [1.29, 1.82) is 0 Å². The number of nitrogens with zero attached hydrogens (tertiary/aromatic N) is 3. The van der Waals surface area contributed by atoms with Crippen molar-refractivity contribution in [3.8, 4) is 0 Å². The summed E-state index contributed by atoms with van der Waals surface area (Å²) in [6, 6.07) is 7.44. The number of nitrogens with one attached hydrogen (secondary N) is 1. The fourth-order valence-corrected chi connectivity index (χ4v) is 2.77. The number of aromatic nitrogens is 2. The number of carbonyl (C=O) groups is 1. The number of imidazole rings is 1. The first-order valence-electron chi connectivity index (χ1n) is 7.09. The second-order valence-corrected chi connectivity index (χ2v) is 5.56. The largest absolute Gasteiger partial charge is 0.337 e. The molecule has 0 unspecified atom stereocenters. The minimum atomic E-state index is -0.928. The van der Waals surface area contributed by atoms with E-state index >= 15 is 0 Å². The van der Waals surface area contributed by atoms with E-state index in [0.717, 1.165) is 16.9 Å². The molecule has 2 heterocycles. The van der Waals surface area contributed by atoms with E-state index in [9.17, 15) is 9.18 Å². The molecule has 8 heteroatoms. The second kappa shape index (κ2) is 7.95. The summed E-state index contributed by atoms with van der Waals surface area (Å²) in [5, 5.41) is 2.92. The van der Waals surface area contributed by atoms with Crippen molar-refractivity contribution in [2.45, 2.75) is 25.2 Å². The average molecular weight is 363 g/mol. The Bertz CT molecular complexity index is 679. The van der Waals surface area contributed by atoms with Gasteiger partial charge in [0, 0.05) is 27.1 Å². The zero-order chi connectivity index (χ0) is 15.0. The summed E-state index contributed by atoms with van der Waals surface area (Å²) in [4.78, 5) is 18.4. The molecule has 5 nitrogen and oxygen atoms in total. The van der Waals surface area contributed by atoms with E-state index in [1.165, 1.54) is 0 Å². The van der Waals surface area contributed by atoms with Crippen LogP contribution in [0.4, 0.5) is 4.39 Å². The summed E-state index contributed by atoms with van der Waals surface area (Å²) in [6.45, 7) is 0.676. The molecular weight excluding hydrogens is 342 g/mol. The van der Waals surface area contributed by atoms with Crippen LogP contribution in [-0.4, -0.2) is 46.2 Å². The molecule has 0 radical (unpaired) electrons. The fraction of sp³-hybridized carbons (Fsp3) is 0.467. The van der Waals surface area contributed by atoms with Crippen LogP contribution in [0.15, 0.2) is 24.3 Å². The number of carbonyl (C=O) groups excluding carboxylic acids is 1. The SMILES string of the molecule is CN(Cc1nc2ccccc2n1C)C(=O)[C@H]1C[C@H](F)CN1.Cl.Cl. The number of alkyl halides is 1. The molecule has 2 aromatic rings. The quantitative estimate of drug-likeness (QED) is 0.909. The highest BCUT2D eigenvalue weighted by atomic mass is 35.5. The van der Waals surface area contributed by atoms with Gasteiger partial charge in [-0.2, -0.15) is 0 Å². The highest BCUT2D eigenvalue weighted by Crippen LogP contribution is 2.17. The summed E-state index contributed by atoms with van der Waals surface area (Å²) in [6.07, 6.45) is -0.672. The Morgan fingerprint density at radius 2 is 2.13 bits per heavy atom. The lowest BCUT2D eigenvalue weighted by molar-refractivity contribution is -0.132. The first kappa shape index (κ1) is 19.7. The van der Waals surface area contributed by atoms with Crippen LogP contribution >= 0.6 is 24.8 Å². The molecule has 1 N–H and O–H groups in total. The maximum absolute atomic E-state index is 13.2. The number of halogens is 3. The van der Waals surface area contributed by atoms with Crippen molar-refractivity contribution in [1.82, 2.24) is 19.8 Å². The number of amides is 1. The van der Waals surface area contributed by atoms with Gasteiger partial charge in [0.15, 0.2) is 0 Å². The predicted octanol–water partition coefficient (Wildman–Crippen LogP) is 2.08. The summed E-state index contributed by atoms with van der Waals surface area (Å²) in [5.41, 5.74) is 1.95. The van der Waals surface area contributed by atoms with Crippen LogP contribution in [0, 0.1) is 0 Å².